The van der Waals surface area contributed by atoms with Crippen LogP contribution in [0.4, 0.5) is 0 Å². The first-order valence-electron chi connectivity index (χ1n) is 6.84. The minimum Gasteiger partial charge on any atom is -0.0622 e. The summed E-state index contributed by atoms with van der Waals surface area (Å²) in [4.78, 5) is 0. The highest BCUT2D eigenvalue weighted by atomic mass is 14.4. The average Bonchev–Trinajstić information content (AvgIpc) is 2.50. The summed E-state index contributed by atoms with van der Waals surface area (Å²) in [5.41, 5.74) is 3.19. The second-order valence-corrected chi connectivity index (χ2v) is 5.18. The third kappa shape index (κ3) is 1.96. The summed E-state index contributed by atoms with van der Waals surface area (Å²) in [7, 11) is 0. The number of hydrogen-bond donors (Lipinski definition) is 0. The Balaban J connectivity index is 2.10. The maximum absolute atomic E-state index is 2.43. The van der Waals surface area contributed by atoms with Crippen LogP contribution in [-0.2, 0) is 5.41 Å². The molecule has 0 nitrogen and oxygen atoms in total. The van der Waals surface area contributed by atoms with E-state index < -0.39 is 0 Å². The monoisotopic (exact) mass is 235 g/mol. The van der Waals surface area contributed by atoms with Gasteiger partial charge in [-0.15, -0.1) is 0 Å². The Morgan fingerprint density at radius 3 is 1.50 bits per heavy atom. The summed E-state index contributed by atoms with van der Waals surface area (Å²) < 4.78 is 0. The van der Waals surface area contributed by atoms with E-state index in [1.807, 2.05) is 0 Å². The average molecular weight is 235 g/mol. The predicted molar refractivity (Wildman–Crippen MR) is 76.4 cm³/mol. The van der Waals surface area contributed by atoms with Crippen LogP contribution in [0.5, 0.6) is 0 Å². The second-order valence-electron chi connectivity index (χ2n) is 5.18. The molecule has 0 heteroatoms. The van der Waals surface area contributed by atoms with Gasteiger partial charge in [0.1, 0.15) is 0 Å². The molecule has 0 saturated heterocycles. The van der Waals surface area contributed by atoms with Crippen LogP contribution in [0.15, 0.2) is 60.7 Å². The van der Waals surface area contributed by atoms with E-state index in [1.54, 1.807) is 0 Å². The van der Waals surface area contributed by atoms with Crippen LogP contribution in [0.2, 0.25) is 0 Å². The van der Waals surface area contributed by atoms with Crippen LogP contribution in [0.25, 0.3) is 0 Å². The summed E-state index contributed by atoms with van der Waals surface area (Å²) in [5, 5.41) is 0. The molecule has 0 bridgehead atoms. The van der Waals surface area contributed by atoms with Gasteiger partial charge in [-0.05, 0) is 43.2 Å². The van der Waals surface area contributed by atoms with Crippen LogP contribution >= 0.6 is 0 Å². The van der Waals surface area contributed by atoms with E-state index >= 15 is 0 Å². The van der Waals surface area contributed by atoms with Crippen molar-refractivity contribution in [3.63, 3.8) is 0 Å². The number of benzene rings is 2. The minimum atomic E-state index is 0.233. The first-order valence-corrected chi connectivity index (χ1v) is 6.84. The fourth-order valence-corrected chi connectivity index (χ4v) is 3.22. The third-order valence-electron chi connectivity index (χ3n) is 4.20. The Morgan fingerprint density at radius 2 is 1.06 bits per heavy atom. The van der Waals surface area contributed by atoms with Crippen LogP contribution in [0.3, 0.4) is 0 Å². The van der Waals surface area contributed by atoms with Crippen molar-refractivity contribution >= 4 is 0 Å². The topological polar surface area (TPSA) is 0 Å². The molecule has 0 aliphatic heterocycles. The molecule has 3 rings (SSSR count). The van der Waals surface area contributed by atoms with Gasteiger partial charge in [0, 0.05) is 5.41 Å². The molecule has 2 aromatic carbocycles. The van der Waals surface area contributed by atoms with Crippen molar-refractivity contribution in [2.24, 2.45) is 0 Å². The Labute approximate surface area is 110 Å². The highest BCUT2D eigenvalue weighted by molar-refractivity contribution is 5.40. The van der Waals surface area contributed by atoms with Crippen molar-refractivity contribution in [2.75, 3.05) is 0 Å². The molecule has 0 aromatic heterocycles. The number of hydrogen-bond acceptors (Lipinski definition) is 0. The molecule has 0 heterocycles. The van der Waals surface area contributed by atoms with Gasteiger partial charge in [0.25, 0.3) is 0 Å². The standard InChI is InChI=1S/C18H19/c1-4-10-16(11-5-1)18(14-8-3-9-15-18)17-12-6-2-7-13-17/h1-7,10-13H,8-9,14-15H2. The fraction of sp³-hybridized carbons (Fsp3) is 0.278. The molecular formula is C18H19. The van der Waals surface area contributed by atoms with Crippen LogP contribution in [0.1, 0.15) is 36.8 Å². The van der Waals surface area contributed by atoms with Crippen molar-refractivity contribution < 1.29 is 0 Å². The molecule has 0 unspecified atom stereocenters. The zero-order valence-corrected chi connectivity index (χ0v) is 10.7. The van der Waals surface area contributed by atoms with Gasteiger partial charge in [0.15, 0.2) is 0 Å². The maximum atomic E-state index is 2.43. The Kier molecular flexibility index (Phi) is 3.19. The van der Waals surface area contributed by atoms with Gasteiger partial charge in [0.2, 0.25) is 0 Å². The molecule has 1 radical (unpaired) electrons. The summed E-state index contributed by atoms with van der Waals surface area (Å²) in [6, 6.07) is 22.0. The van der Waals surface area contributed by atoms with Crippen LogP contribution in [0, 0.1) is 6.42 Å². The van der Waals surface area contributed by atoms with Gasteiger partial charge in [0.05, 0.1) is 0 Å². The summed E-state index contributed by atoms with van der Waals surface area (Å²) in [6.07, 6.45) is 7.36. The lowest BCUT2D eigenvalue weighted by Crippen LogP contribution is -2.30. The van der Waals surface area contributed by atoms with E-state index in [4.69, 9.17) is 0 Å². The minimum absolute atomic E-state index is 0.233. The molecule has 0 spiro atoms. The van der Waals surface area contributed by atoms with E-state index in [9.17, 15) is 0 Å². The van der Waals surface area contributed by atoms with Gasteiger partial charge in [-0.2, -0.15) is 0 Å². The third-order valence-corrected chi connectivity index (χ3v) is 4.20. The highest BCUT2D eigenvalue weighted by Crippen LogP contribution is 2.44. The largest absolute Gasteiger partial charge is 0.0622 e. The van der Waals surface area contributed by atoms with E-state index in [0.29, 0.717) is 0 Å². The predicted octanol–water partition coefficient (Wildman–Crippen LogP) is 4.75. The lowest BCUT2D eigenvalue weighted by molar-refractivity contribution is 0.391. The Morgan fingerprint density at radius 1 is 0.611 bits per heavy atom. The first-order chi connectivity index (χ1) is 8.92. The van der Waals surface area contributed by atoms with E-state index in [1.165, 1.54) is 36.8 Å². The van der Waals surface area contributed by atoms with Crippen molar-refractivity contribution in [1.82, 2.24) is 0 Å². The van der Waals surface area contributed by atoms with Gasteiger partial charge < -0.3 is 0 Å². The lowest BCUT2D eigenvalue weighted by atomic mass is 9.65. The van der Waals surface area contributed by atoms with E-state index in [-0.39, 0.29) is 5.41 Å². The normalized spacial score (nSPS) is 18.4. The molecule has 1 saturated carbocycles. The van der Waals surface area contributed by atoms with E-state index in [0.717, 1.165) is 0 Å². The van der Waals surface area contributed by atoms with Crippen molar-refractivity contribution in [2.45, 2.75) is 31.1 Å². The fourth-order valence-electron chi connectivity index (χ4n) is 3.22. The molecule has 0 atom stereocenters. The molecular weight excluding hydrogens is 216 g/mol. The summed E-state index contributed by atoms with van der Waals surface area (Å²) in [5.74, 6) is 0. The van der Waals surface area contributed by atoms with Gasteiger partial charge in [-0.3, -0.25) is 0 Å². The summed E-state index contributed by atoms with van der Waals surface area (Å²) >= 11 is 0. The highest BCUT2D eigenvalue weighted by Gasteiger charge is 2.35. The zero-order chi connectivity index (χ0) is 12.3. The van der Waals surface area contributed by atoms with Gasteiger partial charge in [-0.25, -0.2) is 0 Å². The van der Waals surface area contributed by atoms with E-state index in [2.05, 4.69) is 67.1 Å². The molecule has 0 amide bonds. The smallest absolute Gasteiger partial charge is 0.0203 e. The van der Waals surface area contributed by atoms with Crippen molar-refractivity contribution in [1.29, 1.82) is 0 Å². The number of rotatable bonds is 2. The lowest BCUT2D eigenvalue weighted by Gasteiger charge is -2.38. The van der Waals surface area contributed by atoms with Crippen LogP contribution < -0.4 is 0 Å². The molecule has 1 fully saturated rings. The SMILES string of the molecule is [CH]1CCC(c2ccccc2)(c2ccccc2)CC1. The zero-order valence-electron chi connectivity index (χ0n) is 10.7. The molecule has 2 aromatic rings. The van der Waals surface area contributed by atoms with Crippen LogP contribution in [-0.4, -0.2) is 0 Å². The van der Waals surface area contributed by atoms with Crippen molar-refractivity contribution in [3.05, 3.63) is 78.2 Å². The second kappa shape index (κ2) is 4.97. The Bertz CT molecular complexity index is 436. The summed E-state index contributed by atoms with van der Waals surface area (Å²) in [6.45, 7) is 0. The quantitative estimate of drug-likeness (QED) is 0.704. The maximum Gasteiger partial charge on any atom is 0.0203 e. The Hall–Kier alpha value is -1.56. The molecule has 1 aliphatic carbocycles. The molecule has 0 N–H and O–H groups in total. The van der Waals surface area contributed by atoms with Gasteiger partial charge >= 0.3 is 0 Å². The molecule has 18 heavy (non-hydrogen) atoms. The van der Waals surface area contributed by atoms with Crippen molar-refractivity contribution in [3.8, 4) is 0 Å². The van der Waals surface area contributed by atoms with Gasteiger partial charge in [-0.1, -0.05) is 60.7 Å². The molecule has 91 valence electrons. The molecule has 1 aliphatic rings. The first kappa shape index (κ1) is 11.5.